The number of hydrogen-bond donors (Lipinski definition) is 2. The molecule has 0 saturated carbocycles. The highest BCUT2D eigenvalue weighted by Crippen LogP contribution is 2.19. The SMILES string of the molecule is Cc1nc(/C=C/C(=O)N2C[C@H](O)C[C@H]2C(=O)O)cs1. The molecule has 2 N–H and O–H groups in total. The van der Waals surface area contributed by atoms with Crippen molar-refractivity contribution >= 4 is 29.3 Å². The van der Waals surface area contributed by atoms with E-state index in [1.54, 1.807) is 6.08 Å². The second kappa shape index (κ2) is 5.50. The van der Waals surface area contributed by atoms with Gasteiger partial charge in [0.2, 0.25) is 5.91 Å². The van der Waals surface area contributed by atoms with Crippen LogP contribution in [0.1, 0.15) is 17.1 Å². The molecule has 1 aromatic heterocycles. The van der Waals surface area contributed by atoms with E-state index in [1.807, 2.05) is 12.3 Å². The first-order chi connectivity index (χ1) is 8.97. The number of hydrogen-bond acceptors (Lipinski definition) is 5. The van der Waals surface area contributed by atoms with Crippen LogP contribution in [0.3, 0.4) is 0 Å². The van der Waals surface area contributed by atoms with Crippen molar-refractivity contribution in [2.45, 2.75) is 25.5 Å². The van der Waals surface area contributed by atoms with E-state index >= 15 is 0 Å². The van der Waals surface area contributed by atoms with E-state index in [0.29, 0.717) is 5.69 Å². The third kappa shape index (κ3) is 3.18. The first kappa shape index (κ1) is 13.7. The van der Waals surface area contributed by atoms with E-state index in [-0.39, 0.29) is 13.0 Å². The van der Waals surface area contributed by atoms with Crippen LogP contribution in [0.2, 0.25) is 0 Å². The molecule has 2 rings (SSSR count). The second-order valence-electron chi connectivity index (χ2n) is 4.36. The lowest BCUT2D eigenvalue weighted by Crippen LogP contribution is -2.39. The number of carbonyl (C=O) groups excluding carboxylic acids is 1. The number of carboxylic acids is 1. The topological polar surface area (TPSA) is 90.7 Å². The number of carboxylic acid groups (broad SMARTS) is 1. The van der Waals surface area contributed by atoms with Gasteiger partial charge in [0.1, 0.15) is 6.04 Å². The van der Waals surface area contributed by atoms with Gasteiger partial charge in [0.25, 0.3) is 0 Å². The summed E-state index contributed by atoms with van der Waals surface area (Å²) in [4.78, 5) is 28.3. The van der Waals surface area contributed by atoms with Crippen molar-refractivity contribution in [1.82, 2.24) is 9.88 Å². The lowest BCUT2D eigenvalue weighted by molar-refractivity contribution is -0.146. The van der Waals surface area contributed by atoms with Crippen molar-refractivity contribution in [2.75, 3.05) is 6.54 Å². The quantitative estimate of drug-likeness (QED) is 0.788. The number of β-amino-alcohol motifs (C(OH)–C–C–N with tert-alkyl or cyclic N) is 1. The fraction of sp³-hybridized carbons (Fsp3) is 0.417. The second-order valence-corrected chi connectivity index (χ2v) is 5.42. The zero-order valence-corrected chi connectivity index (χ0v) is 11.1. The summed E-state index contributed by atoms with van der Waals surface area (Å²) in [6.07, 6.45) is 2.14. The van der Waals surface area contributed by atoms with Gasteiger partial charge < -0.3 is 15.1 Å². The molecular weight excluding hydrogens is 268 g/mol. The molecule has 2 atom stereocenters. The third-order valence-corrected chi connectivity index (χ3v) is 3.67. The molecule has 0 aromatic carbocycles. The van der Waals surface area contributed by atoms with E-state index in [4.69, 9.17) is 5.11 Å². The maximum atomic E-state index is 11.9. The smallest absolute Gasteiger partial charge is 0.326 e. The van der Waals surface area contributed by atoms with Crippen molar-refractivity contribution in [3.05, 3.63) is 22.2 Å². The van der Waals surface area contributed by atoms with E-state index < -0.39 is 24.0 Å². The fourth-order valence-electron chi connectivity index (χ4n) is 2.00. The lowest BCUT2D eigenvalue weighted by Gasteiger charge is -2.18. The molecule has 0 unspecified atom stereocenters. The number of aryl methyl sites for hydroxylation is 1. The monoisotopic (exact) mass is 282 g/mol. The molecule has 1 aliphatic heterocycles. The molecule has 1 saturated heterocycles. The number of amides is 1. The first-order valence-electron chi connectivity index (χ1n) is 5.79. The van der Waals surface area contributed by atoms with Crippen LogP contribution in [-0.2, 0) is 9.59 Å². The minimum atomic E-state index is -1.09. The Balaban J connectivity index is 2.06. The number of carbonyl (C=O) groups is 2. The predicted octanol–water partition coefficient (Wildman–Crippen LogP) is 0.511. The number of nitrogens with zero attached hydrogens (tertiary/aromatic N) is 2. The Bertz CT molecular complexity index is 526. The molecule has 0 aliphatic carbocycles. The van der Waals surface area contributed by atoms with E-state index in [1.165, 1.54) is 22.3 Å². The minimum Gasteiger partial charge on any atom is -0.480 e. The van der Waals surface area contributed by atoms with Crippen molar-refractivity contribution in [3.8, 4) is 0 Å². The number of aromatic nitrogens is 1. The highest BCUT2D eigenvalue weighted by atomic mass is 32.1. The highest BCUT2D eigenvalue weighted by Gasteiger charge is 2.37. The van der Waals surface area contributed by atoms with Crippen molar-refractivity contribution in [2.24, 2.45) is 0 Å². The number of aliphatic hydroxyl groups excluding tert-OH is 1. The molecule has 1 aliphatic rings. The van der Waals surface area contributed by atoms with Gasteiger partial charge in [0.05, 0.1) is 16.8 Å². The average molecular weight is 282 g/mol. The van der Waals surface area contributed by atoms with E-state index in [0.717, 1.165) is 5.01 Å². The van der Waals surface area contributed by atoms with Gasteiger partial charge in [-0.15, -0.1) is 11.3 Å². The Morgan fingerprint density at radius 2 is 2.32 bits per heavy atom. The van der Waals surface area contributed by atoms with Crippen LogP contribution < -0.4 is 0 Å². The van der Waals surface area contributed by atoms with Crippen molar-refractivity contribution in [3.63, 3.8) is 0 Å². The van der Waals surface area contributed by atoms with Crippen molar-refractivity contribution < 1.29 is 19.8 Å². The lowest BCUT2D eigenvalue weighted by atomic mass is 10.2. The normalized spacial score (nSPS) is 23.2. The Morgan fingerprint density at radius 1 is 1.58 bits per heavy atom. The Labute approximate surface area is 114 Å². The van der Waals surface area contributed by atoms with Gasteiger partial charge in [0.15, 0.2) is 0 Å². The molecule has 1 amide bonds. The summed E-state index contributed by atoms with van der Waals surface area (Å²) in [5, 5.41) is 21.2. The molecule has 6 nitrogen and oxygen atoms in total. The number of likely N-dealkylation sites (tertiary alicyclic amines) is 1. The molecule has 0 radical (unpaired) electrons. The maximum absolute atomic E-state index is 11.9. The zero-order valence-electron chi connectivity index (χ0n) is 10.3. The summed E-state index contributed by atoms with van der Waals surface area (Å²) in [5.74, 6) is -1.52. The van der Waals surface area contributed by atoms with Gasteiger partial charge >= 0.3 is 5.97 Å². The summed E-state index contributed by atoms with van der Waals surface area (Å²) in [5.41, 5.74) is 0.669. The van der Waals surface area contributed by atoms with Crippen LogP contribution in [0.5, 0.6) is 0 Å². The van der Waals surface area contributed by atoms with Crippen LogP contribution in [-0.4, -0.2) is 50.7 Å². The largest absolute Gasteiger partial charge is 0.480 e. The highest BCUT2D eigenvalue weighted by molar-refractivity contribution is 7.09. The number of thiazole rings is 1. The molecular formula is C12H14N2O4S. The average Bonchev–Trinajstić information content (AvgIpc) is 2.92. The summed E-state index contributed by atoms with van der Waals surface area (Å²) in [7, 11) is 0. The Hall–Kier alpha value is -1.73. The van der Waals surface area contributed by atoms with Gasteiger partial charge in [-0.2, -0.15) is 0 Å². The summed E-state index contributed by atoms with van der Waals surface area (Å²) < 4.78 is 0. The summed E-state index contributed by atoms with van der Waals surface area (Å²) in [6, 6.07) is -0.954. The van der Waals surface area contributed by atoms with Gasteiger partial charge in [-0.25, -0.2) is 9.78 Å². The van der Waals surface area contributed by atoms with Crippen LogP contribution in [0.15, 0.2) is 11.5 Å². The molecule has 102 valence electrons. The molecule has 1 fully saturated rings. The summed E-state index contributed by atoms with van der Waals surface area (Å²) >= 11 is 1.47. The van der Waals surface area contributed by atoms with E-state index in [2.05, 4.69) is 4.98 Å². The first-order valence-corrected chi connectivity index (χ1v) is 6.67. The van der Waals surface area contributed by atoms with E-state index in [9.17, 15) is 14.7 Å². The van der Waals surface area contributed by atoms with Crippen LogP contribution in [0.25, 0.3) is 6.08 Å². The molecule has 19 heavy (non-hydrogen) atoms. The predicted molar refractivity (Wildman–Crippen MR) is 69.6 cm³/mol. The minimum absolute atomic E-state index is 0.0518. The van der Waals surface area contributed by atoms with Gasteiger partial charge in [-0.05, 0) is 13.0 Å². The molecule has 0 spiro atoms. The molecule has 7 heteroatoms. The number of aliphatic hydroxyl groups is 1. The van der Waals surface area contributed by atoms with Crippen LogP contribution in [0, 0.1) is 6.92 Å². The fourth-order valence-corrected chi connectivity index (χ4v) is 2.58. The molecule has 1 aromatic rings. The van der Waals surface area contributed by atoms with Gasteiger partial charge in [-0.3, -0.25) is 4.79 Å². The number of rotatable bonds is 3. The van der Waals surface area contributed by atoms with Gasteiger partial charge in [-0.1, -0.05) is 0 Å². The number of aliphatic carboxylic acids is 1. The summed E-state index contributed by atoms with van der Waals surface area (Å²) in [6.45, 7) is 1.91. The standard InChI is InChI=1S/C12H14N2O4S/c1-7-13-8(6-19-7)2-3-11(16)14-5-9(15)4-10(14)12(17)18/h2-3,6,9-10,15H,4-5H2,1H3,(H,17,18)/b3-2+/t9-,10+/m1/s1. The maximum Gasteiger partial charge on any atom is 0.326 e. The third-order valence-electron chi connectivity index (χ3n) is 2.88. The Kier molecular flexibility index (Phi) is 3.96. The Morgan fingerprint density at radius 3 is 2.89 bits per heavy atom. The van der Waals surface area contributed by atoms with Gasteiger partial charge in [0, 0.05) is 24.4 Å². The zero-order chi connectivity index (χ0) is 14.0. The van der Waals surface area contributed by atoms with Crippen LogP contribution in [0.4, 0.5) is 0 Å². The van der Waals surface area contributed by atoms with Crippen molar-refractivity contribution in [1.29, 1.82) is 0 Å². The van der Waals surface area contributed by atoms with Crippen LogP contribution >= 0.6 is 11.3 Å². The molecule has 0 bridgehead atoms. The molecule has 2 heterocycles.